The van der Waals surface area contributed by atoms with Gasteiger partial charge < -0.3 is 20.4 Å². The van der Waals surface area contributed by atoms with Gasteiger partial charge >= 0.3 is 0 Å². The number of piperidine rings is 1. The largest absolute Gasteiger partial charge is 0.338 e. The van der Waals surface area contributed by atoms with Gasteiger partial charge in [-0.1, -0.05) is 55.0 Å². The van der Waals surface area contributed by atoms with Gasteiger partial charge in [0, 0.05) is 32.1 Å². The Morgan fingerprint density at radius 2 is 1.65 bits per heavy atom. The van der Waals surface area contributed by atoms with Gasteiger partial charge in [-0.05, 0) is 88.9 Å². The Balaban J connectivity index is 1.33. The first-order valence-corrected chi connectivity index (χ1v) is 14.3. The molecule has 0 unspecified atom stereocenters. The summed E-state index contributed by atoms with van der Waals surface area (Å²) < 4.78 is 0. The Morgan fingerprint density at radius 3 is 2.41 bits per heavy atom. The van der Waals surface area contributed by atoms with Crippen LogP contribution in [0.3, 0.4) is 0 Å². The lowest BCUT2D eigenvalue weighted by Gasteiger charge is -2.35. The molecular weight excluding hydrogens is 467 g/mol. The molecule has 0 spiro atoms. The smallest absolute Gasteiger partial charge is 0.224 e. The predicted octanol–water partition coefficient (Wildman–Crippen LogP) is 5.14. The highest BCUT2D eigenvalue weighted by Gasteiger charge is 2.24. The second-order valence-electron chi connectivity index (χ2n) is 9.88. The van der Waals surface area contributed by atoms with Gasteiger partial charge in [0.05, 0.1) is 10.0 Å². The van der Waals surface area contributed by atoms with Crippen LogP contribution in [0.25, 0.3) is 0 Å². The van der Waals surface area contributed by atoms with Crippen molar-refractivity contribution in [3.05, 3.63) is 33.8 Å². The lowest BCUT2D eigenvalue weighted by atomic mass is 9.94. The number of amides is 1. The highest BCUT2D eigenvalue weighted by molar-refractivity contribution is 6.42. The zero-order chi connectivity index (χ0) is 24.0. The van der Waals surface area contributed by atoms with Gasteiger partial charge in [0.15, 0.2) is 0 Å². The summed E-state index contributed by atoms with van der Waals surface area (Å²) in [6, 6.07) is 6.19. The predicted molar refractivity (Wildman–Crippen MR) is 144 cm³/mol. The fourth-order valence-electron chi connectivity index (χ4n) is 5.23. The molecule has 1 saturated heterocycles. The van der Waals surface area contributed by atoms with Crippen LogP contribution in [0.1, 0.15) is 69.8 Å². The van der Waals surface area contributed by atoms with E-state index in [4.69, 9.17) is 23.2 Å². The summed E-state index contributed by atoms with van der Waals surface area (Å²) in [6.45, 7) is 8.05. The maximum atomic E-state index is 13.1. The highest BCUT2D eigenvalue weighted by Crippen LogP contribution is 2.24. The van der Waals surface area contributed by atoms with Gasteiger partial charge in [0.25, 0.3) is 0 Å². The molecule has 0 bridgehead atoms. The fourth-order valence-corrected chi connectivity index (χ4v) is 5.55. The molecule has 1 saturated carbocycles. The molecule has 1 amide bonds. The van der Waals surface area contributed by atoms with Crippen molar-refractivity contribution in [3.8, 4) is 0 Å². The van der Waals surface area contributed by atoms with Crippen molar-refractivity contribution in [2.24, 2.45) is 0 Å². The number of hydrogen-bond donors (Lipinski definition) is 2. The molecule has 0 aromatic heterocycles. The fraction of sp³-hybridized carbons (Fsp3) is 0.741. The highest BCUT2D eigenvalue weighted by atomic mass is 35.5. The van der Waals surface area contributed by atoms with Crippen molar-refractivity contribution in [2.75, 3.05) is 52.4 Å². The minimum atomic E-state index is 0.295. The van der Waals surface area contributed by atoms with Crippen LogP contribution in [0.5, 0.6) is 0 Å². The molecule has 2 N–H and O–H groups in total. The van der Waals surface area contributed by atoms with Crippen molar-refractivity contribution in [1.29, 1.82) is 0 Å². The Bertz CT molecular complexity index is 721. The Kier molecular flexibility index (Phi) is 13.1. The number of nitrogens with zero attached hydrogens (tertiary/aromatic N) is 2. The van der Waals surface area contributed by atoms with Crippen molar-refractivity contribution >= 4 is 29.1 Å². The third-order valence-corrected chi connectivity index (χ3v) is 7.97. The molecule has 3 rings (SSSR count). The Labute approximate surface area is 216 Å². The van der Waals surface area contributed by atoms with E-state index in [0.717, 1.165) is 51.0 Å². The standard InChI is InChI=1S/C27H44Cl2N4O/c28-25-11-10-23(22-26(25)29)12-15-31-16-13-27(34)33(24-8-3-1-4-9-24)21-17-30-14-7-20-32-18-5-2-6-19-32/h10-11,22,24,30-31H,1-9,12-21H2. The van der Waals surface area contributed by atoms with E-state index < -0.39 is 0 Å². The van der Waals surface area contributed by atoms with E-state index >= 15 is 0 Å². The molecule has 1 heterocycles. The minimum Gasteiger partial charge on any atom is -0.338 e. The number of likely N-dealkylation sites (tertiary alicyclic amines) is 1. The SMILES string of the molecule is O=C(CCNCCc1ccc(Cl)c(Cl)c1)N(CCNCCCN1CCCCC1)C1CCCCC1. The lowest BCUT2D eigenvalue weighted by molar-refractivity contribution is -0.134. The molecule has 5 nitrogen and oxygen atoms in total. The zero-order valence-electron chi connectivity index (χ0n) is 20.8. The molecule has 0 atom stereocenters. The topological polar surface area (TPSA) is 47.6 Å². The molecule has 192 valence electrons. The van der Waals surface area contributed by atoms with E-state index in [-0.39, 0.29) is 0 Å². The van der Waals surface area contributed by atoms with Crippen molar-refractivity contribution in [2.45, 2.75) is 76.7 Å². The average molecular weight is 512 g/mol. The summed E-state index contributed by atoms with van der Waals surface area (Å²) >= 11 is 12.1. The van der Waals surface area contributed by atoms with Crippen molar-refractivity contribution in [3.63, 3.8) is 0 Å². The summed E-state index contributed by atoms with van der Waals surface area (Å²) in [7, 11) is 0. The summed E-state index contributed by atoms with van der Waals surface area (Å²) in [5.74, 6) is 0.295. The zero-order valence-corrected chi connectivity index (χ0v) is 22.3. The summed E-state index contributed by atoms with van der Waals surface area (Å²) in [6.07, 6.45) is 12.9. The van der Waals surface area contributed by atoms with Crippen molar-refractivity contribution in [1.82, 2.24) is 20.4 Å². The van der Waals surface area contributed by atoms with E-state index in [1.807, 2.05) is 18.2 Å². The third kappa shape index (κ3) is 10.0. The number of rotatable bonds is 14. The van der Waals surface area contributed by atoms with Gasteiger partial charge in [0.1, 0.15) is 0 Å². The summed E-state index contributed by atoms with van der Waals surface area (Å²) in [4.78, 5) is 17.9. The third-order valence-electron chi connectivity index (χ3n) is 7.23. The number of halogens is 2. The average Bonchev–Trinajstić information content (AvgIpc) is 2.86. The second kappa shape index (κ2) is 16.0. The maximum Gasteiger partial charge on any atom is 0.224 e. The van der Waals surface area contributed by atoms with Gasteiger partial charge in [0.2, 0.25) is 5.91 Å². The van der Waals surface area contributed by atoms with E-state index in [1.165, 1.54) is 64.6 Å². The second-order valence-corrected chi connectivity index (χ2v) is 10.7. The first kappa shape index (κ1) is 27.7. The summed E-state index contributed by atoms with van der Waals surface area (Å²) in [5, 5.41) is 8.21. The Morgan fingerprint density at radius 1 is 0.912 bits per heavy atom. The molecular formula is C27H44Cl2N4O. The molecule has 1 aliphatic heterocycles. The first-order valence-electron chi connectivity index (χ1n) is 13.5. The number of nitrogens with one attached hydrogen (secondary N) is 2. The van der Waals surface area contributed by atoms with Gasteiger partial charge in [-0.2, -0.15) is 0 Å². The van der Waals surface area contributed by atoms with Crippen LogP contribution < -0.4 is 10.6 Å². The van der Waals surface area contributed by atoms with Crippen LogP contribution in [0.2, 0.25) is 10.0 Å². The quantitative estimate of drug-likeness (QED) is 0.340. The van der Waals surface area contributed by atoms with E-state index in [9.17, 15) is 4.79 Å². The molecule has 1 aromatic rings. The minimum absolute atomic E-state index is 0.295. The molecule has 2 aliphatic rings. The van der Waals surface area contributed by atoms with E-state index in [2.05, 4.69) is 20.4 Å². The van der Waals surface area contributed by atoms with Crippen molar-refractivity contribution < 1.29 is 4.79 Å². The number of carbonyl (C=O) groups is 1. The first-order chi connectivity index (χ1) is 16.6. The number of hydrogen-bond acceptors (Lipinski definition) is 4. The van der Waals surface area contributed by atoms with Crippen LogP contribution in [0.15, 0.2) is 18.2 Å². The monoisotopic (exact) mass is 510 g/mol. The number of benzene rings is 1. The molecule has 0 radical (unpaired) electrons. The van der Waals surface area contributed by atoms with E-state index in [0.29, 0.717) is 35.0 Å². The Hall–Kier alpha value is -0.850. The van der Waals surface area contributed by atoms with Crippen LogP contribution in [0.4, 0.5) is 0 Å². The van der Waals surface area contributed by atoms with Crippen LogP contribution in [0, 0.1) is 0 Å². The van der Waals surface area contributed by atoms with Crippen LogP contribution in [-0.2, 0) is 11.2 Å². The molecule has 1 aromatic carbocycles. The molecule has 1 aliphatic carbocycles. The molecule has 7 heteroatoms. The van der Waals surface area contributed by atoms with Gasteiger partial charge in [-0.25, -0.2) is 0 Å². The lowest BCUT2D eigenvalue weighted by Crippen LogP contribution is -2.45. The number of carbonyl (C=O) groups excluding carboxylic acids is 1. The van der Waals surface area contributed by atoms with Crippen LogP contribution in [-0.4, -0.2) is 74.1 Å². The summed E-state index contributed by atoms with van der Waals surface area (Å²) in [5.41, 5.74) is 1.16. The normalized spacial score (nSPS) is 17.7. The van der Waals surface area contributed by atoms with E-state index in [1.54, 1.807) is 0 Å². The van der Waals surface area contributed by atoms with Gasteiger partial charge in [-0.3, -0.25) is 4.79 Å². The maximum absolute atomic E-state index is 13.1. The molecule has 34 heavy (non-hydrogen) atoms. The molecule has 2 fully saturated rings. The van der Waals surface area contributed by atoms with Crippen LogP contribution >= 0.6 is 23.2 Å². The van der Waals surface area contributed by atoms with Gasteiger partial charge in [-0.15, -0.1) is 0 Å².